The topological polar surface area (TPSA) is 89.9 Å². The van der Waals surface area contributed by atoms with Crippen molar-refractivity contribution in [2.24, 2.45) is 11.3 Å². The standard InChI is InChI=1S/C19H24O6/c1-5-10(2)16(21)24-14-7-6-12-11(3)17(22)25-15(12)18(4)13(20)8-9-19(14,18)23/h5,12,14-15,23H,3,6-9H2,1-2,4H3/b10-5-/t12-,14-,15+,18-,19+/m0/s1. The monoisotopic (exact) mass is 348 g/mol. The molecule has 0 amide bonds. The molecule has 3 aliphatic rings. The zero-order chi connectivity index (χ0) is 18.6. The van der Waals surface area contributed by atoms with Gasteiger partial charge in [0.25, 0.3) is 0 Å². The van der Waals surface area contributed by atoms with Crippen molar-refractivity contribution in [3.05, 3.63) is 23.8 Å². The van der Waals surface area contributed by atoms with Gasteiger partial charge < -0.3 is 14.6 Å². The Balaban J connectivity index is 2.02. The number of carbonyl (C=O) groups excluding carboxylic acids is 3. The average molecular weight is 348 g/mol. The third-order valence-corrected chi connectivity index (χ3v) is 6.37. The molecule has 0 spiro atoms. The molecule has 5 atom stereocenters. The molecule has 1 heterocycles. The second-order valence-corrected chi connectivity index (χ2v) is 7.45. The summed E-state index contributed by atoms with van der Waals surface area (Å²) < 4.78 is 11.1. The number of carbonyl (C=O) groups is 3. The molecule has 2 aliphatic carbocycles. The Labute approximate surface area is 146 Å². The van der Waals surface area contributed by atoms with Crippen LogP contribution < -0.4 is 0 Å². The van der Waals surface area contributed by atoms with Crippen molar-refractivity contribution in [2.75, 3.05) is 0 Å². The van der Waals surface area contributed by atoms with Crippen LogP contribution in [0.15, 0.2) is 23.8 Å². The maximum Gasteiger partial charge on any atom is 0.334 e. The first kappa shape index (κ1) is 17.9. The molecule has 0 bridgehead atoms. The van der Waals surface area contributed by atoms with Gasteiger partial charge in [-0.1, -0.05) is 12.7 Å². The van der Waals surface area contributed by atoms with Gasteiger partial charge in [-0.2, -0.15) is 0 Å². The largest absolute Gasteiger partial charge is 0.457 e. The van der Waals surface area contributed by atoms with Crippen LogP contribution in [0.5, 0.6) is 0 Å². The molecule has 3 rings (SSSR count). The van der Waals surface area contributed by atoms with Crippen LogP contribution in [0.1, 0.15) is 46.5 Å². The molecular formula is C19H24O6. The highest BCUT2D eigenvalue weighted by Gasteiger charge is 2.70. The first-order valence-electron chi connectivity index (χ1n) is 8.66. The fourth-order valence-electron chi connectivity index (χ4n) is 4.48. The van der Waals surface area contributed by atoms with Crippen LogP contribution in [0.3, 0.4) is 0 Å². The molecule has 3 fully saturated rings. The second kappa shape index (κ2) is 5.80. The van der Waals surface area contributed by atoms with Crippen LogP contribution in [-0.2, 0) is 23.9 Å². The number of ketones is 1. The average Bonchev–Trinajstić information content (AvgIpc) is 2.97. The Morgan fingerprint density at radius 1 is 1.40 bits per heavy atom. The van der Waals surface area contributed by atoms with E-state index >= 15 is 0 Å². The van der Waals surface area contributed by atoms with Gasteiger partial charge in [-0.25, -0.2) is 9.59 Å². The lowest BCUT2D eigenvalue weighted by Crippen LogP contribution is -2.59. The molecule has 1 saturated heterocycles. The van der Waals surface area contributed by atoms with E-state index in [0.29, 0.717) is 24.0 Å². The minimum Gasteiger partial charge on any atom is -0.457 e. The summed E-state index contributed by atoms with van der Waals surface area (Å²) in [5, 5.41) is 11.5. The highest BCUT2D eigenvalue weighted by atomic mass is 16.6. The lowest BCUT2D eigenvalue weighted by atomic mass is 9.67. The summed E-state index contributed by atoms with van der Waals surface area (Å²) >= 11 is 0. The maximum absolute atomic E-state index is 12.7. The Bertz CT molecular complexity index is 692. The highest BCUT2D eigenvalue weighted by molar-refractivity contribution is 5.95. The van der Waals surface area contributed by atoms with Crippen molar-refractivity contribution < 1.29 is 29.0 Å². The van der Waals surface area contributed by atoms with Gasteiger partial charge in [-0.15, -0.1) is 0 Å². The molecule has 0 unspecified atom stereocenters. The number of allylic oxidation sites excluding steroid dienone is 1. The minimum absolute atomic E-state index is 0.164. The van der Waals surface area contributed by atoms with Gasteiger partial charge in [0.15, 0.2) is 0 Å². The summed E-state index contributed by atoms with van der Waals surface area (Å²) in [7, 11) is 0. The molecular weight excluding hydrogens is 324 g/mol. The molecule has 1 aliphatic heterocycles. The summed E-state index contributed by atoms with van der Waals surface area (Å²) in [6, 6.07) is 0. The van der Waals surface area contributed by atoms with Crippen molar-refractivity contribution in [1.82, 2.24) is 0 Å². The summed E-state index contributed by atoms with van der Waals surface area (Å²) in [6.07, 6.45) is 1.20. The number of Topliss-reactive ketones (excluding diaryl/α,β-unsaturated/α-hetero) is 1. The summed E-state index contributed by atoms with van der Waals surface area (Å²) in [5.74, 6) is -1.54. The molecule has 6 heteroatoms. The number of aliphatic hydroxyl groups is 1. The van der Waals surface area contributed by atoms with Crippen LogP contribution in [-0.4, -0.2) is 40.6 Å². The van der Waals surface area contributed by atoms with E-state index in [2.05, 4.69) is 6.58 Å². The molecule has 25 heavy (non-hydrogen) atoms. The quantitative estimate of drug-likeness (QED) is 0.605. The minimum atomic E-state index is -1.56. The number of esters is 2. The molecule has 0 aromatic heterocycles. The number of hydrogen-bond donors (Lipinski definition) is 1. The number of rotatable bonds is 2. The zero-order valence-corrected chi connectivity index (χ0v) is 14.8. The van der Waals surface area contributed by atoms with Crippen LogP contribution in [0.4, 0.5) is 0 Å². The van der Waals surface area contributed by atoms with E-state index in [9.17, 15) is 19.5 Å². The normalized spacial score (nSPS) is 41.0. The molecule has 0 aromatic rings. The van der Waals surface area contributed by atoms with E-state index in [4.69, 9.17) is 9.47 Å². The Morgan fingerprint density at radius 3 is 2.72 bits per heavy atom. The van der Waals surface area contributed by atoms with E-state index < -0.39 is 35.2 Å². The first-order chi connectivity index (χ1) is 11.7. The van der Waals surface area contributed by atoms with Crippen LogP contribution in [0.2, 0.25) is 0 Å². The zero-order valence-electron chi connectivity index (χ0n) is 14.8. The van der Waals surface area contributed by atoms with Crippen LogP contribution >= 0.6 is 0 Å². The van der Waals surface area contributed by atoms with Gasteiger partial charge in [0.1, 0.15) is 23.6 Å². The first-order valence-corrected chi connectivity index (χ1v) is 8.66. The molecule has 6 nitrogen and oxygen atoms in total. The smallest absolute Gasteiger partial charge is 0.334 e. The predicted octanol–water partition coefficient (Wildman–Crippen LogP) is 1.86. The van der Waals surface area contributed by atoms with E-state index in [1.165, 1.54) is 0 Å². The number of fused-ring (bicyclic) bond motifs is 3. The lowest BCUT2D eigenvalue weighted by Gasteiger charge is -2.43. The van der Waals surface area contributed by atoms with Gasteiger partial charge in [0, 0.05) is 23.5 Å². The SMILES string of the molecule is C=C1C(=O)O[C@@H]2[C@H]1CC[C@H](OC(=O)/C(C)=C\C)[C@]1(O)CCC(=O)[C@@]21C. The highest BCUT2D eigenvalue weighted by Crippen LogP contribution is 2.57. The Kier molecular flexibility index (Phi) is 4.14. The van der Waals surface area contributed by atoms with Crippen LogP contribution in [0, 0.1) is 11.3 Å². The van der Waals surface area contributed by atoms with E-state index in [0.717, 1.165) is 0 Å². The maximum atomic E-state index is 12.7. The molecule has 1 N–H and O–H groups in total. The van der Waals surface area contributed by atoms with E-state index in [-0.39, 0.29) is 24.5 Å². The predicted molar refractivity (Wildman–Crippen MR) is 88.4 cm³/mol. The summed E-state index contributed by atoms with van der Waals surface area (Å²) in [5.41, 5.74) is -2.10. The Morgan fingerprint density at radius 2 is 2.08 bits per heavy atom. The third kappa shape index (κ3) is 2.30. The third-order valence-electron chi connectivity index (χ3n) is 6.37. The van der Waals surface area contributed by atoms with Gasteiger partial charge in [0.2, 0.25) is 0 Å². The summed E-state index contributed by atoms with van der Waals surface area (Å²) in [4.78, 5) is 37.0. The van der Waals surface area contributed by atoms with Crippen molar-refractivity contribution in [3.63, 3.8) is 0 Å². The van der Waals surface area contributed by atoms with E-state index in [1.54, 1.807) is 26.8 Å². The van der Waals surface area contributed by atoms with Crippen molar-refractivity contribution >= 4 is 17.7 Å². The van der Waals surface area contributed by atoms with Gasteiger partial charge >= 0.3 is 11.9 Å². The fourth-order valence-corrected chi connectivity index (χ4v) is 4.48. The van der Waals surface area contributed by atoms with Gasteiger partial charge in [-0.05, 0) is 40.0 Å². The second-order valence-electron chi connectivity index (χ2n) is 7.45. The number of hydrogen-bond acceptors (Lipinski definition) is 6. The van der Waals surface area contributed by atoms with Crippen molar-refractivity contribution in [3.8, 4) is 0 Å². The number of ether oxygens (including phenoxy) is 2. The van der Waals surface area contributed by atoms with Crippen LogP contribution in [0.25, 0.3) is 0 Å². The molecule has 0 radical (unpaired) electrons. The molecule has 0 aromatic carbocycles. The molecule has 136 valence electrons. The lowest BCUT2D eigenvalue weighted by molar-refractivity contribution is -0.194. The van der Waals surface area contributed by atoms with E-state index in [1.807, 2.05) is 0 Å². The van der Waals surface area contributed by atoms with Gasteiger partial charge in [-0.3, -0.25) is 4.79 Å². The Hall–Kier alpha value is -1.95. The van der Waals surface area contributed by atoms with Gasteiger partial charge in [0.05, 0.1) is 5.41 Å². The molecule has 2 saturated carbocycles. The van der Waals surface area contributed by atoms with Crippen molar-refractivity contribution in [1.29, 1.82) is 0 Å². The van der Waals surface area contributed by atoms with Crippen molar-refractivity contribution in [2.45, 2.75) is 64.3 Å². The summed E-state index contributed by atoms with van der Waals surface area (Å²) in [6.45, 7) is 8.79. The fraction of sp³-hybridized carbons (Fsp3) is 0.632.